The molecule has 6 rings (SSSR count). The fourth-order valence-corrected chi connectivity index (χ4v) is 7.36. The summed E-state index contributed by atoms with van der Waals surface area (Å²) in [5.74, 6) is 1.10. The van der Waals surface area contributed by atoms with Crippen molar-refractivity contribution in [3.8, 4) is 0 Å². The van der Waals surface area contributed by atoms with Gasteiger partial charge in [0, 0.05) is 38.4 Å². The second-order valence-electron chi connectivity index (χ2n) is 11.6. The first kappa shape index (κ1) is 25.3. The van der Waals surface area contributed by atoms with E-state index in [9.17, 15) is 28.0 Å². The predicted octanol–water partition coefficient (Wildman–Crippen LogP) is 2.82. The van der Waals surface area contributed by atoms with E-state index < -0.39 is 22.7 Å². The first-order valence-electron chi connectivity index (χ1n) is 12.7. The van der Waals surface area contributed by atoms with Crippen molar-refractivity contribution in [1.29, 1.82) is 0 Å². The second kappa shape index (κ2) is 8.86. The van der Waals surface area contributed by atoms with Gasteiger partial charge in [0.1, 0.15) is 5.82 Å². The number of nitrogens with zero attached hydrogens (tertiary/aromatic N) is 3. The summed E-state index contributed by atoms with van der Waals surface area (Å²) < 4.78 is 38.5. The lowest BCUT2D eigenvalue weighted by molar-refractivity contribution is -0.159. The van der Waals surface area contributed by atoms with Crippen molar-refractivity contribution >= 4 is 17.6 Å². The summed E-state index contributed by atoms with van der Waals surface area (Å²) in [4.78, 5) is 34.0. The lowest BCUT2D eigenvalue weighted by Crippen LogP contribution is -2.66. The number of pyridine rings is 1. The largest absolute Gasteiger partial charge is 0.417 e. The quantitative estimate of drug-likeness (QED) is 0.417. The zero-order chi connectivity index (χ0) is 25.9. The van der Waals surface area contributed by atoms with Crippen LogP contribution in [0.5, 0.6) is 0 Å². The minimum Gasteiger partial charge on any atom is -0.354 e. The molecule has 1 aromatic heterocycles. The van der Waals surface area contributed by atoms with Crippen LogP contribution in [0.3, 0.4) is 0 Å². The van der Waals surface area contributed by atoms with Gasteiger partial charge in [-0.15, -0.1) is 0 Å². The van der Waals surface area contributed by atoms with E-state index in [0.29, 0.717) is 50.8 Å². The molecule has 5 atom stereocenters. The number of hydrogen-bond acceptors (Lipinski definition) is 6. The fourth-order valence-electron chi connectivity index (χ4n) is 7.36. The summed E-state index contributed by atoms with van der Waals surface area (Å²) in [5.41, 5.74) is -0.155. The van der Waals surface area contributed by atoms with Gasteiger partial charge >= 0.3 is 6.18 Å². The van der Waals surface area contributed by atoms with Gasteiger partial charge < -0.3 is 10.2 Å². The number of hydroxylamine groups is 1. The Morgan fingerprint density at radius 3 is 2.22 bits per heavy atom. The summed E-state index contributed by atoms with van der Waals surface area (Å²) in [6, 6.07) is 2.48. The average Bonchev–Trinajstić information content (AvgIpc) is 2.84. The maximum Gasteiger partial charge on any atom is 0.417 e. The third-order valence-corrected chi connectivity index (χ3v) is 9.18. The summed E-state index contributed by atoms with van der Waals surface area (Å²) in [6.45, 7) is 6.11. The minimum atomic E-state index is -4.41. The average molecular weight is 510 g/mol. The highest BCUT2D eigenvalue weighted by molar-refractivity contribution is 5.86. The Morgan fingerprint density at radius 2 is 1.69 bits per heavy atom. The molecule has 2 heterocycles. The summed E-state index contributed by atoms with van der Waals surface area (Å²) in [5, 5.41) is 12.6. The Balaban J connectivity index is 1.19. The number of carbonyl (C=O) groups excluding carboxylic acids is 2. The molecule has 1 saturated heterocycles. The van der Waals surface area contributed by atoms with E-state index >= 15 is 0 Å². The maximum absolute atomic E-state index is 13.5. The van der Waals surface area contributed by atoms with E-state index in [1.165, 1.54) is 6.07 Å². The minimum absolute atomic E-state index is 0.0329. The van der Waals surface area contributed by atoms with Crippen molar-refractivity contribution in [3.63, 3.8) is 0 Å². The van der Waals surface area contributed by atoms with E-state index in [1.807, 2.05) is 24.2 Å². The Kier molecular flexibility index (Phi) is 6.22. The molecule has 3 unspecified atom stereocenters. The van der Waals surface area contributed by atoms with Gasteiger partial charge in [0.15, 0.2) is 0 Å². The number of nitrogens with one attached hydrogen (secondary N) is 2. The molecule has 4 saturated carbocycles. The van der Waals surface area contributed by atoms with Crippen molar-refractivity contribution in [2.24, 2.45) is 23.2 Å². The van der Waals surface area contributed by atoms with Crippen LogP contribution in [0.1, 0.15) is 51.5 Å². The molecule has 5 aliphatic rings. The van der Waals surface area contributed by atoms with Gasteiger partial charge in [-0.3, -0.25) is 19.7 Å². The molecule has 1 aromatic rings. The molecule has 2 amide bonds. The van der Waals surface area contributed by atoms with Crippen LogP contribution in [0, 0.1) is 23.2 Å². The topological polar surface area (TPSA) is 97.8 Å². The molecule has 4 bridgehead atoms. The Morgan fingerprint density at radius 1 is 1.06 bits per heavy atom. The predicted molar refractivity (Wildman–Crippen MR) is 125 cm³/mol. The number of rotatable bonds is 5. The summed E-state index contributed by atoms with van der Waals surface area (Å²) in [7, 11) is 0. The van der Waals surface area contributed by atoms with E-state index in [0.717, 1.165) is 31.5 Å². The molecule has 0 spiro atoms. The van der Waals surface area contributed by atoms with E-state index in [2.05, 4.69) is 15.2 Å². The second-order valence-corrected chi connectivity index (χ2v) is 11.6. The Labute approximate surface area is 208 Å². The lowest BCUT2D eigenvalue weighted by atomic mass is 9.47. The van der Waals surface area contributed by atoms with Crippen molar-refractivity contribution in [1.82, 2.24) is 20.7 Å². The molecule has 8 nitrogen and oxygen atoms in total. The number of alkyl halides is 3. The molecule has 5 fully saturated rings. The van der Waals surface area contributed by atoms with E-state index in [4.69, 9.17) is 0 Å². The maximum atomic E-state index is 13.5. The van der Waals surface area contributed by atoms with Crippen LogP contribution < -0.4 is 15.7 Å². The molecule has 1 aliphatic heterocycles. The third-order valence-electron chi connectivity index (χ3n) is 9.18. The van der Waals surface area contributed by atoms with Gasteiger partial charge in [-0.25, -0.2) is 10.5 Å². The standard InChI is InChI=1S/C25H34F3N5O3/c1-23(2,33-7-5-32(6-8-33)19-4-3-18(14-29-19)25(26,27)28)21(34)30-20-16-9-15-10-17(20)13-24(11-15,12-16)22(35)31-36/h3-4,14-17,20,36H,5-13H2,1-2H3,(H,30,34)(H,31,35)/t15?,16-,17+,20?,24?. The zero-order valence-corrected chi connectivity index (χ0v) is 20.6. The number of amides is 2. The molecule has 11 heteroatoms. The van der Waals surface area contributed by atoms with E-state index in [-0.39, 0.29) is 29.7 Å². The van der Waals surface area contributed by atoms with Gasteiger partial charge in [0.2, 0.25) is 11.8 Å². The number of aromatic nitrogens is 1. The number of carbonyl (C=O) groups is 2. The van der Waals surface area contributed by atoms with E-state index in [1.54, 1.807) is 0 Å². The highest BCUT2D eigenvalue weighted by Gasteiger charge is 2.59. The summed E-state index contributed by atoms with van der Waals surface area (Å²) in [6.07, 6.45) is 0.648. The van der Waals surface area contributed by atoms with Gasteiger partial charge in [0.05, 0.1) is 16.5 Å². The van der Waals surface area contributed by atoms with Crippen molar-refractivity contribution < 1.29 is 28.0 Å². The number of anilines is 1. The van der Waals surface area contributed by atoms with Gasteiger partial charge in [-0.2, -0.15) is 13.2 Å². The van der Waals surface area contributed by atoms with Crippen LogP contribution in [0.2, 0.25) is 0 Å². The molecule has 0 radical (unpaired) electrons. The van der Waals surface area contributed by atoms with Crippen molar-refractivity contribution in [3.05, 3.63) is 23.9 Å². The molecule has 0 aromatic carbocycles. The molecular weight excluding hydrogens is 475 g/mol. The molecule has 3 N–H and O–H groups in total. The lowest BCUT2D eigenvalue weighted by Gasteiger charge is -2.59. The normalized spacial score (nSPS) is 32.4. The fraction of sp³-hybridized carbons (Fsp3) is 0.720. The van der Waals surface area contributed by atoms with Crippen LogP contribution in [-0.4, -0.2) is 64.7 Å². The van der Waals surface area contributed by atoms with Gasteiger partial charge in [-0.1, -0.05) is 0 Å². The first-order chi connectivity index (χ1) is 16.9. The first-order valence-corrected chi connectivity index (χ1v) is 12.7. The van der Waals surface area contributed by atoms with Crippen LogP contribution in [0.15, 0.2) is 18.3 Å². The number of halogens is 3. The van der Waals surface area contributed by atoms with Crippen molar-refractivity contribution in [2.75, 3.05) is 31.1 Å². The van der Waals surface area contributed by atoms with Crippen LogP contribution in [0.4, 0.5) is 19.0 Å². The number of hydrogen-bond donors (Lipinski definition) is 3. The highest BCUT2D eigenvalue weighted by atomic mass is 19.4. The smallest absolute Gasteiger partial charge is 0.354 e. The Bertz CT molecular complexity index is 991. The zero-order valence-electron chi connectivity index (χ0n) is 20.6. The van der Waals surface area contributed by atoms with Gasteiger partial charge in [0.25, 0.3) is 0 Å². The monoisotopic (exact) mass is 509 g/mol. The number of piperazine rings is 1. The molecule has 4 aliphatic carbocycles. The van der Waals surface area contributed by atoms with Crippen molar-refractivity contribution in [2.45, 2.75) is 63.7 Å². The molecule has 36 heavy (non-hydrogen) atoms. The molecule has 198 valence electrons. The Hall–Kier alpha value is -2.40. The van der Waals surface area contributed by atoms with Crippen LogP contribution in [0.25, 0.3) is 0 Å². The highest BCUT2D eigenvalue weighted by Crippen LogP contribution is 2.60. The third kappa shape index (κ3) is 4.34. The molecular formula is C25H34F3N5O3. The van der Waals surface area contributed by atoms with Gasteiger partial charge in [-0.05, 0) is 75.8 Å². The van der Waals surface area contributed by atoms with Crippen LogP contribution >= 0.6 is 0 Å². The SMILES string of the molecule is CC(C)(C(=O)NC1[C@@H]2CC3C[C@H]1CC(C(=O)NO)(C3)C2)N1CCN(c2ccc(C(F)(F)F)cn2)CC1. The van der Waals surface area contributed by atoms with Crippen LogP contribution in [-0.2, 0) is 15.8 Å². The summed E-state index contributed by atoms with van der Waals surface area (Å²) >= 11 is 0.